The Morgan fingerprint density at radius 2 is 1.54 bits per heavy atom. The minimum absolute atomic E-state index is 0.0638. The lowest BCUT2D eigenvalue weighted by Crippen LogP contribution is -2.32. The van der Waals surface area contributed by atoms with Crippen LogP contribution in [0.15, 0.2) is 48.5 Å². The molecule has 0 fully saturated rings. The number of benzene rings is 2. The summed E-state index contributed by atoms with van der Waals surface area (Å²) < 4.78 is 40.2. The van der Waals surface area contributed by atoms with Crippen LogP contribution in [0.4, 0.5) is 19.0 Å². The van der Waals surface area contributed by atoms with E-state index in [9.17, 15) is 22.8 Å². The summed E-state index contributed by atoms with van der Waals surface area (Å²) in [6.45, 7) is -0.871. The van der Waals surface area contributed by atoms with Gasteiger partial charge in [-0.15, -0.1) is 0 Å². The highest BCUT2D eigenvalue weighted by molar-refractivity contribution is 6.40. The monoisotopic (exact) mass is 405 g/mol. The summed E-state index contributed by atoms with van der Waals surface area (Å²) in [7, 11) is 0. The minimum atomic E-state index is -2.80. The number of nitrogens with zero attached hydrogens (tertiary/aromatic N) is 3. The third-order valence-electron chi connectivity index (χ3n) is 4.30. The van der Waals surface area contributed by atoms with Crippen LogP contribution < -0.4 is 4.90 Å². The number of amides is 2. The number of imide groups is 1. The molecule has 1 aliphatic rings. The highest BCUT2D eigenvalue weighted by Crippen LogP contribution is 2.39. The second-order valence-corrected chi connectivity index (χ2v) is 6.44. The molecule has 0 bridgehead atoms. The van der Waals surface area contributed by atoms with Crippen LogP contribution in [0.1, 0.15) is 20.7 Å². The molecule has 5 nitrogen and oxygen atoms in total. The van der Waals surface area contributed by atoms with E-state index < -0.39 is 30.6 Å². The molecule has 1 aromatic heterocycles. The van der Waals surface area contributed by atoms with E-state index in [1.165, 1.54) is 36.4 Å². The molecule has 0 spiro atoms. The molecule has 2 heterocycles. The summed E-state index contributed by atoms with van der Waals surface area (Å²) in [6, 6.07) is 11.2. The molecule has 0 atom stereocenters. The van der Waals surface area contributed by atoms with Gasteiger partial charge in [-0.1, -0.05) is 23.7 Å². The highest BCUT2D eigenvalue weighted by Gasteiger charge is 2.40. The second kappa shape index (κ2) is 6.79. The fraction of sp³-hybridized carbons (Fsp3) is 0.105. The molecule has 0 unspecified atom stereocenters. The van der Waals surface area contributed by atoms with Crippen LogP contribution in [0.3, 0.4) is 0 Å². The molecule has 142 valence electrons. The standard InChI is InChI=1S/C19H11ClF3N3O2/c20-15-16(10-5-7-11(21)8-6-10)24-25(9-14(22)23)17(15)26-18(27)12-3-1-2-4-13(12)19(26)28/h1-8,14H,9H2. The number of fused-ring (bicyclic) bond motifs is 1. The van der Waals surface area contributed by atoms with Gasteiger partial charge >= 0.3 is 0 Å². The Kier molecular flexibility index (Phi) is 4.43. The van der Waals surface area contributed by atoms with Crippen molar-refractivity contribution in [2.24, 2.45) is 0 Å². The maximum atomic E-state index is 13.2. The first-order valence-electron chi connectivity index (χ1n) is 8.16. The number of alkyl halides is 2. The molecule has 0 N–H and O–H groups in total. The summed E-state index contributed by atoms with van der Waals surface area (Å²) in [4.78, 5) is 26.3. The molecular formula is C19H11ClF3N3O2. The fourth-order valence-electron chi connectivity index (χ4n) is 3.08. The first-order chi connectivity index (χ1) is 13.4. The molecule has 0 aliphatic carbocycles. The van der Waals surface area contributed by atoms with E-state index in [2.05, 4.69) is 5.10 Å². The number of hydrogen-bond donors (Lipinski definition) is 0. The molecule has 2 aromatic carbocycles. The molecule has 9 heteroatoms. The predicted octanol–water partition coefficient (Wildman–Crippen LogP) is 4.41. The molecule has 1 aliphatic heterocycles. The summed E-state index contributed by atoms with van der Waals surface area (Å²) in [6.07, 6.45) is -2.80. The van der Waals surface area contributed by atoms with Crippen LogP contribution in [0.5, 0.6) is 0 Å². The van der Waals surface area contributed by atoms with Gasteiger partial charge in [0.25, 0.3) is 18.2 Å². The average Bonchev–Trinajstić information content (AvgIpc) is 3.10. The van der Waals surface area contributed by atoms with Crippen LogP contribution >= 0.6 is 11.6 Å². The van der Waals surface area contributed by atoms with E-state index in [0.29, 0.717) is 5.56 Å². The largest absolute Gasteiger partial charge is 0.268 e. The van der Waals surface area contributed by atoms with Crippen molar-refractivity contribution in [2.45, 2.75) is 13.0 Å². The third-order valence-corrected chi connectivity index (χ3v) is 4.65. The summed E-state index contributed by atoms with van der Waals surface area (Å²) in [5.41, 5.74) is 0.722. The zero-order valence-electron chi connectivity index (χ0n) is 14.1. The number of carbonyl (C=O) groups is 2. The normalized spacial score (nSPS) is 13.5. The molecule has 0 saturated carbocycles. The Bertz CT molecular complexity index is 1060. The lowest BCUT2D eigenvalue weighted by atomic mass is 10.1. The van der Waals surface area contributed by atoms with Gasteiger partial charge in [-0.05, 0) is 36.4 Å². The van der Waals surface area contributed by atoms with Crippen LogP contribution in [-0.4, -0.2) is 28.0 Å². The quantitative estimate of drug-likeness (QED) is 0.604. The summed E-state index contributed by atoms with van der Waals surface area (Å²) in [5.74, 6) is -2.09. The van der Waals surface area contributed by atoms with Crippen LogP contribution in [0.2, 0.25) is 5.02 Å². The second-order valence-electron chi connectivity index (χ2n) is 6.06. The van der Waals surface area contributed by atoms with Gasteiger partial charge in [0, 0.05) is 5.56 Å². The zero-order valence-corrected chi connectivity index (χ0v) is 14.8. The van der Waals surface area contributed by atoms with Crippen molar-refractivity contribution in [1.29, 1.82) is 0 Å². The maximum absolute atomic E-state index is 13.2. The fourth-order valence-corrected chi connectivity index (χ4v) is 3.41. The third kappa shape index (κ3) is 2.86. The Hall–Kier alpha value is -3.13. The number of hydrogen-bond acceptors (Lipinski definition) is 3. The Labute approximate surface area is 161 Å². The maximum Gasteiger partial charge on any atom is 0.267 e. The number of halogens is 4. The van der Waals surface area contributed by atoms with E-state index >= 15 is 0 Å². The molecule has 0 saturated heterocycles. The van der Waals surface area contributed by atoms with Crippen molar-refractivity contribution in [2.75, 3.05) is 4.90 Å². The highest BCUT2D eigenvalue weighted by atomic mass is 35.5. The lowest BCUT2D eigenvalue weighted by Gasteiger charge is -2.16. The van der Waals surface area contributed by atoms with E-state index in [-0.39, 0.29) is 27.7 Å². The minimum Gasteiger partial charge on any atom is -0.268 e. The molecule has 0 radical (unpaired) electrons. The van der Waals surface area contributed by atoms with E-state index in [1.54, 1.807) is 12.1 Å². The topological polar surface area (TPSA) is 55.2 Å². The van der Waals surface area contributed by atoms with Crippen molar-refractivity contribution < 1.29 is 22.8 Å². The van der Waals surface area contributed by atoms with Gasteiger partial charge < -0.3 is 0 Å². The van der Waals surface area contributed by atoms with Crippen molar-refractivity contribution in [3.63, 3.8) is 0 Å². The van der Waals surface area contributed by atoms with Gasteiger partial charge in [0.2, 0.25) is 0 Å². The van der Waals surface area contributed by atoms with Gasteiger partial charge in [-0.25, -0.2) is 22.8 Å². The molecule has 2 amide bonds. The van der Waals surface area contributed by atoms with Gasteiger partial charge in [-0.3, -0.25) is 9.59 Å². The van der Waals surface area contributed by atoms with Gasteiger partial charge in [0.1, 0.15) is 23.1 Å². The van der Waals surface area contributed by atoms with Crippen molar-refractivity contribution in [3.8, 4) is 11.3 Å². The number of rotatable bonds is 4. The number of anilines is 1. The zero-order chi connectivity index (χ0) is 20.0. The SMILES string of the molecule is O=C1c2ccccc2C(=O)N1c1c(Cl)c(-c2ccc(F)cc2)nn1CC(F)F. The lowest BCUT2D eigenvalue weighted by molar-refractivity contribution is 0.0915. The molecule has 3 aromatic rings. The predicted molar refractivity (Wildman–Crippen MR) is 96.2 cm³/mol. The van der Waals surface area contributed by atoms with E-state index in [0.717, 1.165) is 9.58 Å². The van der Waals surface area contributed by atoms with Crippen molar-refractivity contribution >= 4 is 29.2 Å². The van der Waals surface area contributed by atoms with Crippen molar-refractivity contribution in [1.82, 2.24) is 9.78 Å². The van der Waals surface area contributed by atoms with Crippen LogP contribution in [0.25, 0.3) is 11.3 Å². The van der Waals surface area contributed by atoms with Crippen molar-refractivity contribution in [3.05, 3.63) is 70.5 Å². The molecular weight excluding hydrogens is 395 g/mol. The van der Waals surface area contributed by atoms with Gasteiger partial charge in [-0.2, -0.15) is 5.10 Å². The number of aromatic nitrogens is 2. The average molecular weight is 406 g/mol. The summed E-state index contributed by atoms with van der Waals surface area (Å²) >= 11 is 6.37. The molecule has 4 rings (SSSR count). The molecule has 28 heavy (non-hydrogen) atoms. The van der Waals surface area contributed by atoms with Gasteiger partial charge in [0.05, 0.1) is 11.1 Å². The Morgan fingerprint density at radius 3 is 2.07 bits per heavy atom. The van der Waals surface area contributed by atoms with Crippen LogP contribution in [-0.2, 0) is 6.54 Å². The van der Waals surface area contributed by atoms with Gasteiger partial charge in [0.15, 0.2) is 5.82 Å². The first kappa shape index (κ1) is 18.2. The number of carbonyl (C=O) groups excluding carboxylic acids is 2. The first-order valence-corrected chi connectivity index (χ1v) is 8.54. The Balaban J connectivity index is 1.88. The van der Waals surface area contributed by atoms with E-state index in [1.807, 2.05) is 0 Å². The van der Waals surface area contributed by atoms with E-state index in [4.69, 9.17) is 11.6 Å². The smallest absolute Gasteiger partial charge is 0.267 e. The Morgan fingerprint density at radius 1 is 0.964 bits per heavy atom. The summed E-state index contributed by atoms with van der Waals surface area (Å²) in [5, 5.41) is 3.91. The van der Waals surface area contributed by atoms with Crippen LogP contribution in [0, 0.1) is 5.82 Å².